The number of carbonyl (C=O) groups excluding carboxylic acids is 3. The molecule has 2 aromatic carbocycles. The van der Waals surface area contributed by atoms with E-state index in [2.05, 4.69) is 5.32 Å². The fourth-order valence-corrected chi connectivity index (χ4v) is 3.03. The van der Waals surface area contributed by atoms with Gasteiger partial charge in [-0.15, -0.1) is 0 Å². The van der Waals surface area contributed by atoms with Crippen molar-refractivity contribution in [3.05, 3.63) is 64.7 Å². The van der Waals surface area contributed by atoms with Crippen LogP contribution in [0.2, 0.25) is 0 Å². The molecule has 0 spiro atoms. The number of esters is 1. The summed E-state index contributed by atoms with van der Waals surface area (Å²) in [5, 5.41) is 3.23. The number of hydrogen-bond acceptors (Lipinski definition) is 6. The van der Waals surface area contributed by atoms with Gasteiger partial charge in [0.15, 0.2) is 11.6 Å². The minimum absolute atomic E-state index is 0.0652. The molecule has 0 bridgehead atoms. The van der Waals surface area contributed by atoms with E-state index >= 15 is 0 Å². The highest BCUT2D eigenvalue weighted by atomic mass is 16.5. The van der Waals surface area contributed by atoms with Crippen molar-refractivity contribution in [1.82, 2.24) is 0 Å². The fourth-order valence-electron chi connectivity index (χ4n) is 3.03. The molecule has 0 saturated heterocycles. The van der Waals surface area contributed by atoms with E-state index in [4.69, 9.17) is 10.5 Å². The zero-order valence-corrected chi connectivity index (χ0v) is 15.5. The molecular weight excluding hydrogens is 344 g/mol. The van der Waals surface area contributed by atoms with Crippen LogP contribution in [0.1, 0.15) is 52.6 Å². The van der Waals surface area contributed by atoms with E-state index in [1.807, 2.05) is 13.8 Å². The lowest BCUT2D eigenvalue weighted by Gasteiger charge is -2.30. The van der Waals surface area contributed by atoms with Crippen LogP contribution in [0.15, 0.2) is 42.5 Å². The van der Waals surface area contributed by atoms with E-state index in [0.29, 0.717) is 27.9 Å². The van der Waals surface area contributed by atoms with Crippen LogP contribution in [-0.4, -0.2) is 35.7 Å². The predicted octanol–water partition coefficient (Wildman–Crippen LogP) is 2.54. The second-order valence-electron chi connectivity index (χ2n) is 7.34. The molecule has 0 heterocycles. The third-order valence-electron chi connectivity index (χ3n) is 4.37. The molecule has 0 radical (unpaired) electrons. The van der Waals surface area contributed by atoms with Crippen LogP contribution in [0.4, 0.5) is 5.69 Å². The number of fused-ring (bicyclic) bond motifs is 2. The highest BCUT2D eigenvalue weighted by Gasteiger charge is 2.32. The van der Waals surface area contributed by atoms with Gasteiger partial charge in [-0.1, -0.05) is 36.4 Å². The molecule has 0 fully saturated rings. The average Bonchev–Trinajstić information content (AvgIpc) is 2.63. The van der Waals surface area contributed by atoms with E-state index in [9.17, 15) is 14.4 Å². The molecule has 27 heavy (non-hydrogen) atoms. The topological polar surface area (TPSA) is 98.5 Å². The van der Waals surface area contributed by atoms with Crippen LogP contribution in [0.25, 0.3) is 0 Å². The van der Waals surface area contributed by atoms with Crippen molar-refractivity contribution in [2.24, 2.45) is 5.73 Å². The van der Waals surface area contributed by atoms with Crippen LogP contribution in [-0.2, 0) is 9.53 Å². The van der Waals surface area contributed by atoms with Crippen LogP contribution >= 0.6 is 0 Å². The first-order valence-electron chi connectivity index (χ1n) is 8.73. The first-order valence-corrected chi connectivity index (χ1v) is 8.73. The molecule has 0 aliphatic heterocycles. The SMILES string of the molecule is C[C@H](N)C(=O)OCC(C)(C)Nc1cccc2c1C(=O)c1ccccc1C2=O. The standard InChI is InChI=1S/C21H22N2O4/c1-12(22)20(26)27-11-21(2,3)23-16-10-6-9-15-17(16)19(25)14-8-5-4-7-13(14)18(15)24/h4-10,12,23H,11,22H2,1-3H3/t12-/m0/s1. The second-order valence-corrected chi connectivity index (χ2v) is 7.34. The molecule has 0 saturated carbocycles. The van der Waals surface area contributed by atoms with Crippen molar-refractivity contribution in [3.8, 4) is 0 Å². The van der Waals surface area contributed by atoms with E-state index in [-0.39, 0.29) is 18.2 Å². The molecule has 1 aliphatic carbocycles. The van der Waals surface area contributed by atoms with Crippen LogP contribution in [0.5, 0.6) is 0 Å². The molecule has 0 unspecified atom stereocenters. The van der Waals surface area contributed by atoms with E-state index < -0.39 is 17.6 Å². The lowest BCUT2D eigenvalue weighted by atomic mass is 9.83. The average molecular weight is 366 g/mol. The summed E-state index contributed by atoms with van der Waals surface area (Å²) in [6, 6.07) is 11.2. The molecule has 2 aromatic rings. The molecule has 3 rings (SSSR count). The van der Waals surface area contributed by atoms with Crippen molar-refractivity contribution in [3.63, 3.8) is 0 Å². The third kappa shape index (κ3) is 3.61. The molecule has 6 heteroatoms. The second kappa shape index (κ2) is 6.96. The molecule has 1 atom stereocenters. The summed E-state index contributed by atoms with van der Waals surface area (Å²) in [5.74, 6) is -0.878. The Morgan fingerprint density at radius 2 is 1.63 bits per heavy atom. The Labute approximate surface area is 157 Å². The van der Waals surface area contributed by atoms with E-state index in [1.165, 1.54) is 0 Å². The Morgan fingerprint density at radius 3 is 2.26 bits per heavy atom. The monoisotopic (exact) mass is 366 g/mol. The normalized spacial score (nSPS) is 14.2. The number of anilines is 1. The van der Waals surface area contributed by atoms with Gasteiger partial charge in [-0.05, 0) is 26.8 Å². The van der Waals surface area contributed by atoms with Gasteiger partial charge in [0.25, 0.3) is 0 Å². The van der Waals surface area contributed by atoms with Gasteiger partial charge in [-0.25, -0.2) is 0 Å². The van der Waals surface area contributed by atoms with Gasteiger partial charge in [0, 0.05) is 22.4 Å². The summed E-state index contributed by atoms with van der Waals surface area (Å²) in [6.45, 7) is 5.29. The van der Waals surface area contributed by atoms with Gasteiger partial charge in [-0.3, -0.25) is 14.4 Å². The predicted molar refractivity (Wildman–Crippen MR) is 102 cm³/mol. The van der Waals surface area contributed by atoms with Crippen molar-refractivity contribution >= 4 is 23.2 Å². The summed E-state index contributed by atoms with van der Waals surface area (Å²) in [7, 11) is 0. The van der Waals surface area contributed by atoms with Gasteiger partial charge in [-0.2, -0.15) is 0 Å². The molecule has 0 amide bonds. The maximum Gasteiger partial charge on any atom is 0.322 e. The number of carbonyl (C=O) groups is 3. The quantitative estimate of drug-likeness (QED) is 0.674. The van der Waals surface area contributed by atoms with Gasteiger partial charge in [0.1, 0.15) is 12.6 Å². The Balaban J connectivity index is 1.92. The molecule has 1 aliphatic rings. The summed E-state index contributed by atoms with van der Waals surface area (Å²) >= 11 is 0. The summed E-state index contributed by atoms with van der Waals surface area (Å²) < 4.78 is 5.21. The Morgan fingerprint density at radius 1 is 1.04 bits per heavy atom. The number of rotatable bonds is 5. The largest absolute Gasteiger partial charge is 0.462 e. The lowest BCUT2D eigenvalue weighted by Crippen LogP contribution is -2.40. The summed E-state index contributed by atoms with van der Waals surface area (Å²) in [5.41, 5.74) is 6.89. The van der Waals surface area contributed by atoms with Gasteiger partial charge in [0.2, 0.25) is 0 Å². The smallest absolute Gasteiger partial charge is 0.322 e. The number of ether oxygens (including phenoxy) is 1. The molecule has 0 aromatic heterocycles. The van der Waals surface area contributed by atoms with Crippen molar-refractivity contribution < 1.29 is 19.1 Å². The minimum Gasteiger partial charge on any atom is -0.462 e. The molecule has 140 valence electrons. The highest BCUT2D eigenvalue weighted by Crippen LogP contribution is 2.33. The number of benzene rings is 2. The first-order chi connectivity index (χ1) is 12.7. The lowest BCUT2D eigenvalue weighted by molar-refractivity contribution is -0.146. The van der Waals surface area contributed by atoms with E-state index in [1.54, 1.807) is 49.4 Å². The third-order valence-corrected chi connectivity index (χ3v) is 4.37. The molecular formula is C21H22N2O4. The van der Waals surface area contributed by atoms with Crippen LogP contribution in [0.3, 0.4) is 0 Å². The zero-order valence-electron chi connectivity index (χ0n) is 15.5. The van der Waals surface area contributed by atoms with Crippen molar-refractivity contribution in [1.29, 1.82) is 0 Å². The Bertz CT molecular complexity index is 932. The fraction of sp³-hybridized carbons (Fsp3) is 0.286. The van der Waals surface area contributed by atoms with E-state index in [0.717, 1.165) is 0 Å². The Kier molecular flexibility index (Phi) is 4.85. The molecule has 6 nitrogen and oxygen atoms in total. The number of hydrogen-bond donors (Lipinski definition) is 2. The molecule has 3 N–H and O–H groups in total. The summed E-state index contributed by atoms with van der Waals surface area (Å²) in [6.07, 6.45) is 0. The zero-order chi connectivity index (χ0) is 19.8. The highest BCUT2D eigenvalue weighted by molar-refractivity contribution is 6.30. The maximum atomic E-state index is 13.0. The minimum atomic E-state index is -0.707. The summed E-state index contributed by atoms with van der Waals surface area (Å²) in [4.78, 5) is 37.5. The van der Waals surface area contributed by atoms with Gasteiger partial charge >= 0.3 is 5.97 Å². The number of nitrogens with one attached hydrogen (secondary N) is 1. The maximum absolute atomic E-state index is 13.0. The number of ketones is 2. The first kappa shape index (κ1) is 18.8. The Hall–Kier alpha value is -2.99. The van der Waals surface area contributed by atoms with Crippen LogP contribution in [0, 0.1) is 0 Å². The van der Waals surface area contributed by atoms with Gasteiger partial charge < -0.3 is 15.8 Å². The van der Waals surface area contributed by atoms with Crippen molar-refractivity contribution in [2.75, 3.05) is 11.9 Å². The van der Waals surface area contributed by atoms with Gasteiger partial charge in [0.05, 0.1) is 11.1 Å². The van der Waals surface area contributed by atoms with Crippen LogP contribution < -0.4 is 11.1 Å². The number of nitrogens with two attached hydrogens (primary N) is 1. The van der Waals surface area contributed by atoms with Crippen molar-refractivity contribution in [2.45, 2.75) is 32.4 Å².